The molecule has 7 aromatic carbocycles. The smallest absolute Gasteiger partial charge is 0.143 e. The highest BCUT2D eigenvalue weighted by Crippen LogP contribution is 2.49. The molecule has 43 heavy (non-hydrogen) atoms. The molecular weight excluding hydrogens is 528 g/mol. The van der Waals surface area contributed by atoms with Crippen LogP contribution in [0.1, 0.15) is 0 Å². The zero-order valence-electron chi connectivity index (χ0n) is 22.9. The summed E-state index contributed by atoms with van der Waals surface area (Å²) >= 11 is 0. The minimum Gasteiger partial charge on any atom is -0.456 e. The van der Waals surface area contributed by atoms with Crippen molar-refractivity contribution in [1.82, 2.24) is 0 Å². The number of ether oxygens (including phenoxy) is 1. The molecule has 3 nitrogen and oxygen atoms in total. The van der Waals surface area contributed by atoms with Crippen LogP contribution in [0, 0.1) is 0 Å². The van der Waals surface area contributed by atoms with Gasteiger partial charge in [-0.3, -0.25) is 0 Å². The third kappa shape index (κ3) is 3.19. The van der Waals surface area contributed by atoms with E-state index in [-0.39, 0.29) is 0 Å². The molecule has 0 N–H and O–H groups in total. The van der Waals surface area contributed by atoms with E-state index in [9.17, 15) is 0 Å². The van der Waals surface area contributed by atoms with E-state index in [1.165, 1.54) is 10.9 Å². The Bertz CT molecular complexity index is 2600. The predicted octanol–water partition coefficient (Wildman–Crippen LogP) is 11.7. The molecular formula is C40H22O3. The van der Waals surface area contributed by atoms with E-state index in [1.807, 2.05) is 24.3 Å². The van der Waals surface area contributed by atoms with Gasteiger partial charge in [-0.15, -0.1) is 0 Å². The molecule has 10 rings (SSSR count). The van der Waals surface area contributed by atoms with E-state index in [2.05, 4.69) is 109 Å². The summed E-state index contributed by atoms with van der Waals surface area (Å²) in [6.07, 6.45) is 0. The van der Waals surface area contributed by atoms with Crippen LogP contribution in [0.3, 0.4) is 0 Å². The molecule has 0 atom stereocenters. The molecule has 0 aliphatic carbocycles. The van der Waals surface area contributed by atoms with Crippen molar-refractivity contribution < 1.29 is 13.6 Å². The van der Waals surface area contributed by atoms with Crippen molar-refractivity contribution in [3.63, 3.8) is 0 Å². The van der Waals surface area contributed by atoms with Crippen LogP contribution in [0.2, 0.25) is 0 Å². The van der Waals surface area contributed by atoms with Crippen LogP contribution in [-0.2, 0) is 0 Å². The minimum absolute atomic E-state index is 0.861. The summed E-state index contributed by atoms with van der Waals surface area (Å²) in [6, 6.07) is 46.5. The number of rotatable bonds is 2. The molecule has 200 valence electrons. The Morgan fingerprint density at radius 3 is 1.86 bits per heavy atom. The standard InChI is InChI=1S/C40H22O3/c1-3-13-34-27(7-1)32-11-6-10-31-25(19-20-36(41-34)39(31)32)23-15-17-29-30-18-16-24(22-38(30)42-37(29)21-23)26-9-5-12-33-28-8-2-4-14-35(28)43-40(26)33/h1-22H. The topological polar surface area (TPSA) is 35.5 Å². The van der Waals surface area contributed by atoms with Crippen molar-refractivity contribution in [2.75, 3.05) is 0 Å². The Balaban J connectivity index is 1.12. The number of benzene rings is 7. The molecule has 0 unspecified atom stereocenters. The fraction of sp³-hybridized carbons (Fsp3) is 0. The molecule has 0 fully saturated rings. The van der Waals surface area contributed by atoms with Gasteiger partial charge < -0.3 is 13.6 Å². The van der Waals surface area contributed by atoms with Gasteiger partial charge in [0, 0.05) is 38.1 Å². The Kier molecular flexibility index (Phi) is 4.45. The molecule has 1 aliphatic heterocycles. The van der Waals surface area contributed by atoms with Gasteiger partial charge in [0.1, 0.15) is 33.8 Å². The monoisotopic (exact) mass is 550 g/mol. The molecule has 0 saturated carbocycles. The molecule has 3 heteroatoms. The van der Waals surface area contributed by atoms with Crippen molar-refractivity contribution in [2.45, 2.75) is 0 Å². The van der Waals surface area contributed by atoms with E-state index in [0.29, 0.717) is 0 Å². The first kappa shape index (κ1) is 22.8. The number of fused-ring (bicyclic) bond motifs is 8. The van der Waals surface area contributed by atoms with Gasteiger partial charge in [0.25, 0.3) is 0 Å². The summed E-state index contributed by atoms with van der Waals surface area (Å²) in [5.74, 6) is 1.79. The van der Waals surface area contributed by atoms with Gasteiger partial charge in [0.05, 0.1) is 0 Å². The maximum Gasteiger partial charge on any atom is 0.143 e. The van der Waals surface area contributed by atoms with Gasteiger partial charge in [-0.05, 0) is 70.1 Å². The van der Waals surface area contributed by atoms with Crippen LogP contribution in [0.25, 0.3) is 88.0 Å². The summed E-state index contributed by atoms with van der Waals surface area (Å²) in [4.78, 5) is 0. The van der Waals surface area contributed by atoms with E-state index in [1.54, 1.807) is 0 Å². The van der Waals surface area contributed by atoms with E-state index in [0.717, 1.165) is 88.6 Å². The van der Waals surface area contributed by atoms with Crippen LogP contribution in [0.4, 0.5) is 0 Å². The first-order valence-electron chi connectivity index (χ1n) is 14.5. The molecule has 0 radical (unpaired) electrons. The summed E-state index contributed by atoms with van der Waals surface area (Å²) in [5, 5.41) is 6.77. The lowest BCUT2D eigenvalue weighted by molar-refractivity contribution is 0.487. The van der Waals surface area contributed by atoms with E-state index < -0.39 is 0 Å². The van der Waals surface area contributed by atoms with Crippen molar-refractivity contribution in [3.8, 4) is 44.9 Å². The Morgan fingerprint density at radius 2 is 1.00 bits per heavy atom. The normalized spacial score (nSPS) is 12.4. The average Bonchev–Trinajstić information content (AvgIpc) is 3.62. The van der Waals surface area contributed by atoms with Crippen LogP contribution in [0.15, 0.2) is 142 Å². The Hall–Kier alpha value is -5.80. The zero-order valence-corrected chi connectivity index (χ0v) is 22.9. The molecule has 9 aromatic rings. The first-order valence-corrected chi connectivity index (χ1v) is 14.5. The fourth-order valence-electron chi connectivity index (χ4n) is 6.92. The highest BCUT2D eigenvalue weighted by atomic mass is 16.5. The SMILES string of the molecule is c1ccc2c(c1)Oc1ccc(-c3ccc4c(c3)oc3cc(-c5cccc6c5oc5ccccc56)ccc34)c3cccc-2c13. The summed E-state index contributed by atoms with van der Waals surface area (Å²) < 4.78 is 19.2. The van der Waals surface area contributed by atoms with Crippen molar-refractivity contribution in [3.05, 3.63) is 133 Å². The van der Waals surface area contributed by atoms with Gasteiger partial charge >= 0.3 is 0 Å². The second-order valence-corrected chi connectivity index (χ2v) is 11.2. The number of para-hydroxylation sites is 3. The third-order valence-electron chi connectivity index (χ3n) is 8.90. The number of hydrogen-bond donors (Lipinski definition) is 0. The maximum atomic E-state index is 6.53. The maximum absolute atomic E-state index is 6.53. The molecule has 2 aromatic heterocycles. The van der Waals surface area contributed by atoms with Gasteiger partial charge in [0.2, 0.25) is 0 Å². The van der Waals surface area contributed by atoms with Crippen LogP contribution < -0.4 is 4.74 Å². The number of furan rings is 2. The second kappa shape index (κ2) is 8.37. The quantitative estimate of drug-likeness (QED) is 0.215. The van der Waals surface area contributed by atoms with Gasteiger partial charge in [-0.1, -0.05) is 91.0 Å². The van der Waals surface area contributed by atoms with Gasteiger partial charge in [-0.2, -0.15) is 0 Å². The number of hydrogen-bond acceptors (Lipinski definition) is 3. The summed E-state index contributed by atoms with van der Waals surface area (Å²) in [7, 11) is 0. The predicted molar refractivity (Wildman–Crippen MR) is 175 cm³/mol. The lowest BCUT2D eigenvalue weighted by Gasteiger charge is -2.22. The Morgan fingerprint density at radius 1 is 0.349 bits per heavy atom. The average molecular weight is 551 g/mol. The molecule has 0 saturated heterocycles. The summed E-state index contributed by atoms with van der Waals surface area (Å²) in [6.45, 7) is 0. The van der Waals surface area contributed by atoms with E-state index in [4.69, 9.17) is 13.6 Å². The molecule has 0 amide bonds. The van der Waals surface area contributed by atoms with Crippen molar-refractivity contribution in [1.29, 1.82) is 0 Å². The third-order valence-corrected chi connectivity index (χ3v) is 8.90. The van der Waals surface area contributed by atoms with E-state index >= 15 is 0 Å². The van der Waals surface area contributed by atoms with Gasteiger partial charge in [0.15, 0.2) is 0 Å². The zero-order chi connectivity index (χ0) is 28.1. The minimum atomic E-state index is 0.861. The molecule has 3 heterocycles. The first-order chi connectivity index (χ1) is 21.3. The lowest BCUT2D eigenvalue weighted by atomic mass is 9.90. The van der Waals surface area contributed by atoms with Crippen LogP contribution in [0.5, 0.6) is 11.5 Å². The van der Waals surface area contributed by atoms with Crippen molar-refractivity contribution >= 4 is 54.6 Å². The fourth-order valence-corrected chi connectivity index (χ4v) is 6.92. The van der Waals surface area contributed by atoms with Gasteiger partial charge in [-0.25, -0.2) is 0 Å². The highest BCUT2D eigenvalue weighted by molar-refractivity contribution is 6.13. The van der Waals surface area contributed by atoms with Crippen molar-refractivity contribution in [2.24, 2.45) is 0 Å². The molecule has 1 aliphatic rings. The Labute approximate surface area is 246 Å². The van der Waals surface area contributed by atoms with Crippen LogP contribution in [-0.4, -0.2) is 0 Å². The van der Waals surface area contributed by atoms with Crippen LogP contribution >= 0.6 is 0 Å². The highest BCUT2D eigenvalue weighted by Gasteiger charge is 2.21. The largest absolute Gasteiger partial charge is 0.456 e. The lowest BCUT2D eigenvalue weighted by Crippen LogP contribution is -1.97. The molecule has 0 spiro atoms. The molecule has 0 bridgehead atoms. The second-order valence-electron chi connectivity index (χ2n) is 11.2. The summed E-state index contributed by atoms with van der Waals surface area (Å²) in [5.41, 5.74) is 10.3.